The highest BCUT2D eigenvalue weighted by atomic mass is 19.1. The summed E-state index contributed by atoms with van der Waals surface area (Å²) in [5, 5.41) is 0.131. The third-order valence-electron chi connectivity index (χ3n) is 5.25. The first-order valence-electron chi connectivity index (χ1n) is 10.6. The zero-order valence-corrected chi connectivity index (χ0v) is 18.9. The van der Waals surface area contributed by atoms with Crippen molar-refractivity contribution in [2.24, 2.45) is 0 Å². The number of aromatic amines is 3. The number of benzene rings is 2. The van der Waals surface area contributed by atoms with E-state index in [1.165, 1.54) is 36.4 Å². The summed E-state index contributed by atoms with van der Waals surface area (Å²) in [4.78, 5) is 50.6. The molecule has 34 heavy (non-hydrogen) atoms. The predicted molar refractivity (Wildman–Crippen MR) is 128 cm³/mol. The molecule has 0 bridgehead atoms. The van der Waals surface area contributed by atoms with Crippen molar-refractivity contribution in [1.29, 1.82) is 0 Å². The minimum absolute atomic E-state index is 0.0478. The predicted octanol–water partition coefficient (Wildman–Crippen LogP) is 2.11. The fourth-order valence-corrected chi connectivity index (χ4v) is 3.55. The number of rotatable bonds is 4. The number of ketones is 1. The monoisotopic (exact) mass is 458 g/mol. The SMILES string of the molecule is CC(C)(C)c1[nH]cnc1/C=c1\[nH]c(=O)/c(=C/c2cccc(C(=O)c3ccc(F)cc3)c2)[nH]c1=O. The molecule has 3 N–H and O–H groups in total. The highest BCUT2D eigenvalue weighted by Gasteiger charge is 2.19. The fraction of sp³-hybridized carbons (Fsp3) is 0.154. The molecule has 0 spiro atoms. The van der Waals surface area contributed by atoms with E-state index in [9.17, 15) is 18.8 Å². The molecule has 0 saturated heterocycles. The number of aromatic nitrogens is 4. The molecule has 2 aromatic carbocycles. The topological polar surface area (TPSA) is 111 Å². The molecule has 0 aliphatic heterocycles. The Hall–Kier alpha value is -4.33. The lowest BCUT2D eigenvalue weighted by Gasteiger charge is -2.16. The van der Waals surface area contributed by atoms with Gasteiger partial charge in [0.25, 0.3) is 11.1 Å². The van der Waals surface area contributed by atoms with Crippen molar-refractivity contribution in [3.8, 4) is 0 Å². The maximum absolute atomic E-state index is 13.2. The van der Waals surface area contributed by atoms with Gasteiger partial charge in [-0.05, 0) is 48.0 Å². The molecule has 0 saturated carbocycles. The third kappa shape index (κ3) is 4.85. The van der Waals surface area contributed by atoms with Gasteiger partial charge in [-0.25, -0.2) is 9.37 Å². The molecule has 0 fully saturated rings. The smallest absolute Gasteiger partial charge is 0.272 e. The Morgan fingerprint density at radius 1 is 0.912 bits per heavy atom. The van der Waals surface area contributed by atoms with Crippen LogP contribution in [0.5, 0.6) is 0 Å². The van der Waals surface area contributed by atoms with E-state index < -0.39 is 16.9 Å². The molecule has 0 radical (unpaired) electrons. The number of carbonyl (C=O) groups excluding carboxylic acids is 1. The summed E-state index contributed by atoms with van der Waals surface area (Å²) in [6.45, 7) is 6.04. The number of halogens is 1. The van der Waals surface area contributed by atoms with Gasteiger partial charge in [0.15, 0.2) is 5.78 Å². The van der Waals surface area contributed by atoms with Gasteiger partial charge in [0, 0.05) is 22.2 Å². The summed E-state index contributed by atoms with van der Waals surface area (Å²) < 4.78 is 13.2. The van der Waals surface area contributed by atoms with Gasteiger partial charge in [-0.1, -0.05) is 39.0 Å². The van der Waals surface area contributed by atoms with Crippen molar-refractivity contribution in [2.75, 3.05) is 0 Å². The third-order valence-corrected chi connectivity index (χ3v) is 5.25. The van der Waals surface area contributed by atoms with E-state index in [0.29, 0.717) is 22.4 Å². The molecule has 0 atom stereocenters. The summed E-state index contributed by atoms with van der Waals surface area (Å²) in [6.07, 6.45) is 4.56. The Morgan fingerprint density at radius 3 is 2.21 bits per heavy atom. The van der Waals surface area contributed by atoms with Gasteiger partial charge in [0.1, 0.15) is 16.5 Å². The Labute approximate surface area is 193 Å². The van der Waals surface area contributed by atoms with Gasteiger partial charge >= 0.3 is 0 Å². The van der Waals surface area contributed by atoms with Gasteiger partial charge in [-0.15, -0.1) is 0 Å². The van der Waals surface area contributed by atoms with Crippen LogP contribution in [0.1, 0.15) is 53.6 Å². The first kappa shape index (κ1) is 22.8. The lowest BCUT2D eigenvalue weighted by molar-refractivity contribution is 0.103. The van der Waals surface area contributed by atoms with Crippen LogP contribution in [0.3, 0.4) is 0 Å². The number of carbonyl (C=O) groups is 1. The van der Waals surface area contributed by atoms with E-state index in [1.807, 2.05) is 20.8 Å². The fourth-order valence-electron chi connectivity index (χ4n) is 3.55. The molecule has 0 unspecified atom stereocenters. The minimum Gasteiger partial charge on any atom is -0.348 e. The summed E-state index contributed by atoms with van der Waals surface area (Å²) >= 11 is 0. The second-order valence-electron chi connectivity index (χ2n) is 8.90. The lowest BCUT2D eigenvalue weighted by atomic mass is 9.90. The highest BCUT2D eigenvalue weighted by molar-refractivity contribution is 6.09. The van der Waals surface area contributed by atoms with Crippen molar-refractivity contribution >= 4 is 17.9 Å². The van der Waals surface area contributed by atoms with Crippen LogP contribution >= 0.6 is 0 Å². The van der Waals surface area contributed by atoms with Gasteiger partial charge in [-0.2, -0.15) is 0 Å². The van der Waals surface area contributed by atoms with Crippen molar-refractivity contribution in [3.63, 3.8) is 0 Å². The van der Waals surface area contributed by atoms with Crippen LogP contribution < -0.4 is 21.8 Å². The minimum atomic E-state index is -0.492. The van der Waals surface area contributed by atoms with Crippen molar-refractivity contribution < 1.29 is 9.18 Å². The van der Waals surface area contributed by atoms with Gasteiger partial charge in [0.2, 0.25) is 0 Å². The number of H-pyrrole nitrogens is 3. The summed E-state index contributed by atoms with van der Waals surface area (Å²) in [5.41, 5.74) is 1.48. The maximum atomic E-state index is 13.2. The number of hydrogen-bond acceptors (Lipinski definition) is 4. The molecule has 4 rings (SSSR count). The Kier molecular flexibility index (Phi) is 5.98. The average molecular weight is 458 g/mol. The quantitative estimate of drug-likeness (QED) is 0.407. The average Bonchev–Trinajstić information content (AvgIpc) is 3.26. The van der Waals surface area contributed by atoms with Gasteiger partial charge in [-0.3, -0.25) is 14.4 Å². The number of nitrogens with zero attached hydrogens (tertiary/aromatic N) is 1. The Balaban J connectivity index is 1.72. The second-order valence-corrected chi connectivity index (χ2v) is 8.90. The van der Waals surface area contributed by atoms with E-state index in [2.05, 4.69) is 19.9 Å². The molecule has 2 aromatic heterocycles. The van der Waals surface area contributed by atoms with E-state index in [1.54, 1.807) is 30.6 Å². The van der Waals surface area contributed by atoms with Crippen LogP contribution in [-0.4, -0.2) is 25.7 Å². The van der Waals surface area contributed by atoms with E-state index >= 15 is 0 Å². The number of imidazole rings is 1. The van der Waals surface area contributed by atoms with Crippen LogP contribution in [0, 0.1) is 5.82 Å². The number of hydrogen-bond donors (Lipinski definition) is 3. The van der Waals surface area contributed by atoms with Crippen LogP contribution in [-0.2, 0) is 5.41 Å². The molecular weight excluding hydrogens is 435 g/mol. The Bertz CT molecular complexity index is 1600. The van der Waals surface area contributed by atoms with Crippen LogP contribution in [0.4, 0.5) is 4.39 Å². The Morgan fingerprint density at radius 2 is 1.56 bits per heavy atom. The number of nitrogens with one attached hydrogen (secondary N) is 3. The maximum Gasteiger partial charge on any atom is 0.272 e. The first-order chi connectivity index (χ1) is 16.1. The van der Waals surface area contributed by atoms with Crippen molar-refractivity contribution in [2.45, 2.75) is 26.2 Å². The van der Waals surface area contributed by atoms with E-state index in [4.69, 9.17) is 0 Å². The molecular formula is C26H23FN4O3. The van der Waals surface area contributed by atoms with Crippen molar-refractivity contribution in [3.05, 3.63) is 120 Å². The molecule has 2 heterocycles. The van der Waals surface area contributed by atoms with Crippen LogP contribution in [0.25, 0.3) is 12.2 Å². The first-order valence-corrected chi connectivity index (χ1v) is 10.6. The van der Waals surface area contributed by atoms with Crippen molar-refractivity contribution in [1.82, 2.24) is 19.9 Å². The molecule has 0 aliphatic carbocycles. The molecule has 0 aliphatic rings. The molecule has 7 nitrogen and oxygen atoms in total. The summed E-state index contributed by atoms with van der Waals surface area (Å²) in [7, 11) is 0. The summed E-state index contributed by atoms with van der Waals surface area (Å²) in [6, 6.07) is 11.9. The zero-order valence-electron chi connectivity index (χ0n) is 18.9. The van der Waals surface area contributed by atoms with E-state index in [0.717, 1.165) is 5.69 Å². The highest BCUT2D eigenvalue weighted by Crippen LogP contribution is 2.22. The lowest BCUT2D eigenvalue weighted by Crippen LogP contribution is -2.46. The normalized spacial score (nSPS) is 12.8. The second kappa shape index (κ2) is 8.90. The largest absolute Gasteiger partial charge is 0.348 e. The molecule has 0 amide bonds. The van der Waals surface area contributed by atoms with Gasteiger partial charge in [0.05, 0.1) is 12.0 Å². The molecule has 4 aromatic rings. The van der Waals surface area contributed by atoms with Crippen LogP contribution in [0.2, 0.25) is 0 Å². The van der Waals surface area contributed by atoms with Gasteiger partial charge < -0.3 is 15.0 Å². The summed E-state index contributed by atoms with van der Waals surface area (Å²) in [5.74, 6) is -0.708. The van der Waals surface area contributed by atoms with E-state index in [-0.39, 0.29) is 21.9 Å². The molecule has 172 valence electrons. The zero-order chi connectivity index (χ0) is 24.5. The van der Waals surface area contributed by atoms with Crippen LogP contribution in [0.15, 0.2) is 64.4 Å². The standard InChI is InChI=1S/C26H23FN4O3/c1-26(2,3)23-19(28-14-29-23)13-21-25(34)30-20(24(33)31-21)12-15-5-4-6-17(11-15)22(32)16-7-9-18(27)10-8-16/h4-14H,1-3H3,(H,28,29)(H,30,34)(H,31,33)/b20-12-,21-13-. The molecule has 8 heteroatoms.